The molecular weight excluding hydrogens is 457 g/mol. The highest BCUT2D eigenvalue weighted by molar-refractivity contribution is 14.0. The van der Waals surface area contributed by atoms with E-state index in [1.165, 1.54) is 19.3 Å². The maximum atomic E-state index is 4.70. The number of hydrogen-bond donors (Lipinski definition) is 3. The summed E-state index contributed by atoms with van der Waals surface area (Å²) >= 11 is 1.97. The van der Waals surface area contributed by atoms with Gasteiger partial charge < -0.3 is 15.6 Å². The molecule has 1 fully saturated rings. The summed E-state index contributed by atoms with van der Waals surface area (Å²) in [5.74, 6) is 1.76. The van der Waals surface area contributed by atoms with Gasteiger partial charge in [-0.1, -0.05) is 30.3 Å². The summed E-state index contributed by atoms with van der Waals surface area (Å²) in [6.45, 7) is 3.50. The fourth-order valence-electron chi connectivity index (χ4n) is 3.16. The number of rotatable bonds is 6. The maximum Gasteiger partial charge on any atom is 0.191 e. The SMILES string of the molecule is CCNC(=NCc1ncc(-c2ccccc2)[nH]1)NC1CCC(SC)C1.I. The largest absolute Gasteiger partial charge is 0.357 e. The average molecular weight is 485 g/mol. The molecule has 0 bridgehead atoms. The molecule has 3 rings (SSSR count). The molecule has 5 nitrogen and oxygen atoms in total. The number of thioether (sulfide) groups is 1. The molecule has 0 amide bonds. The lowest BCUT2D eigenvalue weighted by molar-refractivity contribution is 0.614. The fraction of sp³-hybridized carbons (Fsp3) is 0.474. The van der Waals surface area contributed by atoms with E-state index in [0.29, 0.717) is 12.6 Å². The van der Waals surface area contributed by atoms with Crippen LogP contribution in [0.1, 0.15) is 32.0 Å². The molecule has 1 aromatic heterocycles. The van der Waals surface area contributed by atoms with Gasteiger partial charge in [-0.15, -0.1) is 24.0 Å². The number of aliphatic imine (C=N–C) groups is 1. The van der Waals surface area contributed by atoms with Crippen molar-refractivity contribution < 1.29 is 0 Å². The van der Waals surface area contributed by atoms with Crippen molar-refractivity contribution in [3.8, 4) is 11.3 Å². The van der Waals surface area contributed by atoms with Crippen molar-refractivity contribution in [1.82, 2.24) is 20.6 Å². The Bertz CT molecular complexity index is 688. The lowest BCUT2D eigenvalue weighted by Gasteiger charge is -2.17. The van der Waals surface area contributed by atoms with Gasteiger partial charge in [0.05, 0.1) is 11.9 Å². The van der Waals surface area contributed by atoms with Gasteiger partial charge in [-0.2, -0.15) is 11.8 Å². The minimum absolute atomic E-state index is 0. The van der Waals surface area contributed by atoms with Gasteiger partial charge in [-0.3, -0.25) is 0 Å². The van der Waals surface area contributed by atoms with Crippen LogP contribution in [0, 0.1) is 0 Å². The first-order chi connectivity index (χ1) is 12.3. The third-order valence-corrected chi connectivity index (χ3v) is 5.60. The first kappa shape index (κ1) is 21.1. The number of halogens is 1. The molecule has 1 saturated carbocycles. The van der Waals surface area contributed by atoms with Crippen LogP contribution in [0.3, 0.4) is 0 Å². The minimum Gasteiger partial charge on any atom is -0.357 e. The third-order valence-electron chi connectivity index (χ3n) is 4.50. The lowest BCUT2D eigenvalue weighted by Crippen LogP contribution is -2.42. The van der Waals surface area contributed by atoms with Gasteiger partial charge in [0.15, 0.2) is 5.96 Å². The first-order valence-electron chi connectivity index (χ1n) is 8.95. The van der Waals surface area contributed by atoms with Gasteiger partial charge in [0, 0.05) is 17.8 Å². The number of nitrogens with one attached hydrogen (secondary N) is 3. The number of nitrogens with zero attached hydrogens (tertiary/aromatic N) is 2. The molecule has 26 heavy (non-hydrogen) atoms. The Morgan fingerprint density at radius 3 is 2.81 bits per heavy atom. The zero-order chi connectivity index (χ0) is 17.5. The van der Waals surface area contributed by atoms with E-state index < -0.39 is 0 Å². The summed E-state index contributed by atoms with van der Waals surface area (Å²) < 4.78 is 0. The predicted molar refractivity (Wildman–Crippen MR) is 122 cm³/mol. The molecule has 7 heteroatoms. The average Bonchev–Trinajstić information content (AvgIpc) is 3.30. The zero-order valence-electron chi connectivity index (χ0n) is 15.4. The van der Waals surface area contributed by atoms with Crippen LogP contribution in [-0.2, 0) is 6.54 Å². The van der Waals surface area contributed by atoms with Gasteiger partial charge in [-0.05, 0) is 38.0 Å². The van der Waals surface area contributed by atoms with Crippen LogP contribution in [0.5, 0.6) is 0 Å². The minimum atomic E-state index is 0. The van der Waals surface area contributed by atoms with E-state index >= 15 is 0 Å². The topological polar surface area (TPSA) is 65.1 Å². The predicted octanol–water partition coefficient (Wildman–Crippen LogP) is 4.03. The summed E-state index contributed by atoms with van der Waals surface area (Å²) in [5, 5.41) is 7.69. The molecule has 1 aromatic carbocycles. The third kappa shape index (κ3) is 5.90. The number of guanidine groups is 1. The Kier molecular flexibility index (Phi) is 8.77. The van der Waals surface area contributed by atoms with E-state index in [-0.39, 0.29) is 24.0 Å². The molecular formula is C19H28IN5S. The summed E-state index contributed by atoms with van der Waals surface area (Å²) in [7, 11) is 0. The molecule has 1 aliphatic carbocycles. The Morgan fingerprint density at radius 2 is 2.12 bits per heavy atom. The molecule has 0 spiro atoms. The van der Waals surface area contributed by atoms with Crippen LogP contribution in [0.2, 0.25) is 0 Å². The van der Waals surface area contributed by atoms with E-state index in [0.717, 1.165) is 34.8 Å². The van der Waals surface area contributed by atoms with Crippen molar-refractivity contribution in [2.75, 3.05) is 12.8 Å². The molecule has 2 atom stereocenters. The monoisotopic (exact) mass is 485 g/mol. The second-order valence-corrected chi connectivity index (χ2v) is 7.45. The van der Waals surface area contributed by atoms with Crippen molar-refractivity contribution in [3.63, 3.8) is 0 Å². The highest BCUT2D eigenvalue weighted by Gasteiger charge is 2.24. The second-order valence-electron chi connectivity index (χ2n) is 6.32. The quantitative estimate of drug-likeness (QED) is 0.329. The summed E-state index contributed by atoms with van der Waals surface area (Å²) in [6, 6.07) is 10.8. The molecule has 0 aliphatic heterocycles. The van der Waals surface area contributed by atoms with Crippen LogP contribution >= 0.6 is 35.7 Å². The molecule has 1 heterocycles. The van der Waals surface area contributed by atoms with Crippen molar-refractivity contribution in [2.24, 2.45) is 4.99 Å². The van der Waals surface area contributed by atoms with Gasteiger partial charge in [-0.25, -0.2) is 9.98 Å². The van der Waals surface area contributed by atoms with Crippen LogP contribution in [0.25, 0.3) is 11.3 Å². The number of aromatic amines is 1. The molecule has 0 radical (unpaired) electrons. The smallest absolute Gasteiger partial charge is 0.191 e. The lowest BCUT2D eigenvalue weighted by atomic mass is 10.2. The number of imidazole rings is 1. The molecule has 2 aromatic rings. The van der Waals surface area contributed by atoms with E-state index in [9.17, 15) is 0 Å². The van der Waals surface area contributed by atoms with Gasteiger partial charge in [0.1, 0.15) is 12.4 Å². The molecule has 142 valence electrons. The Morgan fingerprint density at radius 1 is 1.31 bits per heavy atom. The summed E-state index contributed by atoms with van der Waals surface area (Å²) in [6.07, 6.45) is 7.80. The number of benzene rings is 1. The van der Waals surface area contributed by atoms with Gasteiger partial charge >= 0.3 is 0 Å². The number of hydrogen-bond acceptors (Lipinski definition) is 3. The Labute approximate surface area is 177 Å². The molecule has 1 aliphatic rings. The zero-order valence-corrected chi connectivity index (χ0v) is 18.5. The molecule has 2 unspecified atom stereocenters. The molecule has 0 saturated heterocycles. The van der Waals surface area contributed by atoms with E-state index in [2.05, 4.69) is 45.9 Å². The van der Waals surface area contributed by atoms with Crippen molar-refractivity contribution in [3.05, 3.63) is 42.4 Å². The van der Waals surface area contributed by atoms with E-state index in [1.54, 1.807) is 0 Å². The maximum absolute atomic E-state index is 4.70. The van der Waals surface area contributed by atoms with Crippen LogP contribution in [0.4, 0.5) is 0 Å². The van der Waals surface area contributed by atoms with Crippen LogP contribution < -0.4 is 10.6 Å². The van der Waals surface area contributed by atoms with Crippen molar-refractivity contribution >= 4 is 41.7 Å². The fourth-order valence-corrected chi connectivity index (χ4v) is 3.96. The summed E-state index contributed by atoms with van der Waals surface area (Å²) in [4.78, 5) is 12.5. The van der Waals surface area contributed by atoms with Crippen LogP contribution in [-0.4, -0.2) is 40.0 Å². The first-order valence-corrected chi connectivity index (χ1v) is 10.2. The molecule has 3 N–H and O–H groups in total. The Balaban J connectivity index is 0.00000243. The standard InChI is InChI=1S/C19H27N5S.HI/c1-3-20-19(23-15-9-10-16(11-15)25-2)22-13-18-21-12-17(24-18)14-7-5-4-6-8-14;/h4-8,12,15-16H,3,9-11,13H2,1-2H3,(H,21,24)(H2,20,22,23);1H. The van der Waals surface area contributed by atoms with Gasteiger partial charge in [0.25, 0.3) is 0 Å². The van der Waals surface area contributed by atoms with Gasteiger partial charge in [0.2, 0.25) is 0 Å². The summed E-state index contributed by atoms with van der Waals surface area (Å²) in [5.41, 5.74) is 2.17. The van der Waals surface area contributed by atoms with Crippen molar-refractivity contribution in [2.45, 2.75) is 44.0 Å². The number of aromatic nitrogens is 2. The van der Waals surface area contributed by atoms with Crippen molar-refractivity contribution in [1.29, 1.82) is 0 Å². The Hall–Kier alpha value is -1.22. The highest BCUT2D eigenvalue weighted by atomic mass is 127. The van der Waals surface area contributed by atoms with E-state index in [1.807, 2.05) is 36.2 Å². The van der Waals surface area contributed by atoms with E-state index in [4.69, 9.17) is 4.99 Å². The normalized spacial score (nSPS) is 19.8. The highest BCUT2D eigenvalue weighted by Crippen LogP contribution is 2.28. The second kappa shape index (κ2) is 10.8. The number of H-pyrrole nitrogens is 1. The van der Waals surface area contributed by atoms with Crippen LogP contribution in [0.15, 0.2) is 41.5 Å².